The highest BCUT2D eigenvalue weighted by Gasteiger charge is 2.14. The minimum atomic E-state index is -0.256. The number of carbonyl (C=O) groups excluding carboxylic acids is 1. The molecule has 0 saturated carbocycles. The number of anilines is 1. The Kier molecular flexibility index (Phi) is 4.62. The molecule has 0 spiro atoms. The summed E-state index contributed by atoms with van der Waals surface area (Å²) in [6, 6.07) is 8.11. The lowest BCUT2D eigenvalue weighted by Crippen LogP contribution is -2.28. The van der Waals surface area contributed by atoms with Crippen molar-refractivity contribution in [3.8, 4) is 0 Å². The lowest BCUT2D eigenvalue weighted by molar-refractivity contribution is 0.0943. The predicted octanol–water partition coefficient (Wildman–Crippen LogP) is 2.76. The standard InChI is InChI=1S/C16H20FN3O/c1-11(2)20-10-14(18)9-15(20)16(21)19-8-7-12-3-5-13(17)6-4-12/h3-6,9-11H,7-8,18H2,1-2H3,(H,19,21). The molecule has 2 aromatic rings. The zero-order valence-electron chi connectivity index (χ0n) is 12.3. The molecule has 0 atom stereocenters. The maximum atomic E-state index is 12.8. The number of nitrogens with one attached hydrogen (secondary N) is 1. The molecule has 2 rings (SSSR count). The van der Waals surface area contributed by atoms with Crippen LogP contribution in [0.25, 0.3) is 0 Å². The van der Waals surface area contributed by atoms with Gasteiger partial charge in [0.2, 0.25) is 0 Å². The van der Waals surface area contributed by atoms with Crippen molar-refractivity contribution in [3.05, 3.63) is 53.6 Å². The van der Waals surface area contributed by atoms with E-state index in [2.05, 4.69) is 5.32 Å². The van der Waals surface area contributed by atoms with Gasteiger partial charge in [0.1, 0.15) is 11.5 Å². The highest BCUT2D eigenvalue weighted by atomic mass is 19.1. The smallest absolute Gasteiger partial charge is 0.268 e. The molecular weight excluding hydrogens is 269 g/mol. The highest BCUT2D eigenvalue weighted by Crippen LogP contribution is 2.16. The highest BCUT2D eigenvalue weighted by molar-refractivity contribution is 5.93. The minimum Gasteiger partial charge on any atom is -0.397 e. The van der Waals surface area contributed by atoms with E-state index in [9.17, 15) is 9.18 Å². The molecule has 1 heterocycles. The Morgan fingerprint density at radius 1 is 1.33 bits per heavy atom. The fourth-order valence-corrected chi connectivity index (χ4v) is 2.17. The van der Waals surface area contributed by atoms with Crippen LogP contribution < -0.4 is 11.1 Å². The Morgan fingerprint density at radius 2 is 2.00 bits per heavy atom. The van der Waals surface area contributed by atoms with Gasteiger partial charge in [-0.05, 0) is 44.0 Å². The second-order valence-electron chi connectivity index (χ2n) is 5.29. The third kappa shape index (κ3) is 3.84. The SMILES string of the molecule is CC(C)n1cc(N)cc1C(=O)NCCc1ccc(F)cc1. The summed E-state index contributed by atoms with van der Waals surface area (Å²) in [5.41, 5.74) is 7.87. The second-order valence-corrected chi connectivity index (χ2v) is 5.29. The van der Waals surface area contributed by atoms with E-state index < -0.39 is 0 Å². The van der Waals surface area contributed by atoms with Gasteiger partial charge in [0, 0.05) is 18.8 Å². The normalized spacial score (nSPS) is 10.9. The maximum Gasteiger partial charge on any atom is 0.268 e. The van der Waals surface area contributed by atoms with Crippen molar-refractivity contribution in [3.63, 3.8) is 0 Å². The molecule has 0 aliphatic carbocycles. The summed E-state index contributed by atoms with van der Waals surface area (Å²) in [4.78, 5) is 12.2. The largest absolute Gasteiger partial charge is 0.397 e. The minimum absolute atomic E-state index is 0.150. The summed E-state index contributed by atoms with van der Waals surface area (Å²) >= 11 is 0. The van der Waals surface area contributed by atoms with Crippen LogP contribution in [0.1, 0.15) is 35.9 Å². The molecule has 5 heteroatoms. The van der Waals surface area contributed by atoms with Gasteiger partial charge in [0.05, 0.1) is 5.69 Å². The first-order valence-electron chi connectivity index (χ1n) is 6.97. The van der Waals surface area contributed by atoms with Gasteiger partial charge < -0.3 is 15.6 Å². The van der Waals surface area contributed by atoms with Crippen LogP contribution in [-0.2, 0) is 6.42 Å². The van der Waals surface area contributed by atoms with Crippen molar-refractivity contribution in [2.45, 2.75) is 26.3 Å². The molecule has 1 aromatic carbocycles. The Bertz CT molecular complexity index is 617. The molecule has 0 aliphatic heterocycles. The molecular formula is C16H20FN3O. The first kappa shape index (κ1) is 15.1. The topological polar surface area (TPSA) is 60.0 Å². The van der Waals surface area contributed by atoms with E-state index in [0.717, 1.165) is 5.56 Å². The van der Waals surface area contributed by atoms with E-state index >= 15 is 0 Å². The number of nitrogens with two attached hydrogens (primary N) is 1. The van der Waals surface area contributed by atoms with Gasteiger partial charge in [-0.1, -0.05) is 12.1 Å². The number of nitrogens with zero attached hydrogens (tertiary/aromatic N) is 1. The zero-order chi connectivity index (χ0) is 15.4. The lowest BCUT2D eigenvalue weighted by atomic mass is 10.1. The van der Waals surface area contributed by atoms with Crippen LogP contribution in [0.4, 0.5) is 10.1 Å². The Hall–Kier alpha value is -2.30. The van der Waals surface area contributed by atoms with E-state index in [4.69, 9.17) is 5.73 Å². The zero-order valence-corrected chi connectivity index (χ0v) is 12.3. The summed E-state index contributed by atoms with van der Waals surface area (Å²) in [6.45, 7) is 4.48. The van der Waals surface area contributed by atoms with E-state index in [1.54, 1.807) is 24.4 Å². The summed E-state index contributed by atoms with van der Waals surface area (Å²) < 4.78 is 14.6. The first-order valence-corrected chi connectivity index (χ1v) is 6.97. The van der Waals surface area contributed by atoms with Crippen LogP contribution in [0.5, 0.6) is 0 Å². The molecule has 0 aliphatic rings. The van der Waals surface area contributed by atoms with Crippen LogP contribution >= 0.6 is 0 Å². The van der Waals surface area contributed by atoms with Crippen molar-refractivity contribution in [2.75, 3.05) is 12.3 Å². The average molecular weight is 289 g/mol. The van der Waals surface area contributed by atoms with Crippen LogP contribution in [0.3, 0.4) is 0 Å². The first-order chi connectivity index (χ1) is 9.97. The van der Waals surface area contributed by atoms with E-state index in [0.29, 0.717) is 24.3 Å². The van der Waals surface area contributed by atoms with E-state index in [1.165, 1.54) is 12.1 Å². The van der Waals surface area contributed by atoms with Gasteiger partial charge >= 0.3 is 0 Å². The predicted molar refractivity (Wildman–Crippen MR) is 81.7 cm³/mol. The molecule has 1 aromatic heterocycles. The molecule has 0 saturated heterocycles. The quantitative estimate of drug-likeness (QED) is 0.889. The van der Waals surface area contributed by atoms with Crippen LogP contribution in [0.2, 0.25) is 0 Å². The van der Waals surface area contributed by atoms with Gasteiger partial charge in [0.25, 0.3) is 5.91 Å². The van der Waals surface area contributed by atoms with E-state index in [-0.39, 0.29) is 17.8 Å². The number of halogens is 1. The number of amides is 1. The summed E-state index contributed by atoms with van der Waals surface area (Å²) in [7, 11) is 0. The summed E-state index contributed by atoms with van der Waals surface area (Å²) in [5, 5.41) is 2.86. The van der Waals surface area contributed by atoms with Gasteiger partial charge in [-0.3, -0.25) is 4.79 Å². The van der Waals surface area contributed by atoms with Crippen molar-refractivity contribution in [2.24, 2.45) is 0 Å². The summed E-state index contributed by atoms with van der Waals surface area (Å²) in [5.74, 6) is -0.407. The fraction of sp³-hybridized carbons (Fsp3) is 0.312. The third-order valence-corrected chi connectivity index (χ3v) is 3.27. The number of nitrogen functional groups attached to an aromatic ring is 1. The van der Waals surface area contributed by atoms with Gasteiger partial charge in [-0.2, -0.15) is 0 Å². The second kappa shape index (κ2) is 6.43. The molecule has 1 amide bonds. The fourth-order valence-electron chi connectivity index (χ4n) is 2.17. The molecule has 4 nitrogen and oxygen atoms in total. The Balaban J connectivity index is 1.94. The van der Waals surface area contributed by atoms with Crippen molar-refractivity contribution in [1.29, 1.82) is 0 Å². The molecule has 21 heavy (non-hydrogen) atoms. The van der Waals surface area contributed by atoms with Crippen LogP contribution in [0.15, 0.2) is 36.5 Å². The van der Waals surface area contributed by atoms with Gasteiger partial charge in [0.15, 0.2) is 0 Å². The molecule has 0 bridgehead atoms. The molecule has 0 unspecified atom stereocenters. The molecule has 0 radical (unpaired) electrons. The van der Waals surface area contributed by atoms with Crippen molar-refractivity contribution >= 4 is 11.6 Å². The number of hydrogen-bond donors (Lipinski definition) is 2. The number of hydrogen-bond acceptors (Lipinski definition) is 2. The van der Waals surface area contributed by atoms with Gasteiger partial charge in [-0.25, -0.2) is 4.39 Å². The average Bonchev–Trinajstić information content (AvgIpc) is 2.83. The molecule has 3 N–H and O–H groups in total. The van der Waals surface area contributed by atoms with E-state index in [1.807, 2.05) is 18.4 Å². The molecule has 0 fully saturated rings. The lowest BCUT2D eigenvalue weighted by Gasteiger charge is -2.12. The van der Waals surface area contributed by atoms with Crippen molar-refractivity contribution in [1.82, 2.24) is 9.88 Å². The van der Waals surface area contributed by atoms with Crippen LogP contribution in [0, 0.1) is 5.82 Å². The monoisotopic (exact) mass is 289 g/mol. The summed E-state index contributed by atoms with van der Waals surface area (Å²) in [6.07, 6.45) is 2.42. The maximum absolute atomic E-state index is 12.8. The molecule has 112 valence electrons. The third-order valence-electron chi connectivity index (χ3n) is 3.27. The number of carbonyl (C=O) groups is 1. The number of aromatic nitrogens is 1. The number of benzene rings is 1. The van der Waals surface area contributed by atoms with Crippen LogP contribution in [-0.4, -0.2) is 17.0 Å². The van der Waals surface area contributed by atoms with Crippen molar-refractivity contribution < 1.29 is 9.18 Å². The Labute approximate surface area is 123 Å². The van der Waals surface area contributed by atoms with Gasteiger partial charge in [-0.15, -0.1) is 0 Å². The number of rotatable bonds is 5. The Morgan fingerprint density at radius 3 is 2.62 bits per heavy atom.